The Hall–Kier alpha value is -1.55. The standard InChI is InChI=1S/C10H14N2O2/c1-12(2)6-8-7(10(13)14)4-3-5-9(8)11/h3-5H,6,11H2,1-2H3,(H,13,14). The van der Waals surface area contributed by atoms with Crippen molar-refractivity contribution in [2.45, 2.75) is 6.54 Å². The molecule has 0 saturated carbocycles. The van der Waals surface area contributed by atoms with Crippen molar-refractivity contribution >= 4 is 11.7 Å². The molecule has 0 spiro atoms. The third-order valence-electron chi connectivity index (χ3n) is 1.92. The first-order valence-electron chi connectivity index (χ1n) is 4.27. The molecule has 1 rings (SSSR count). The lowest BCUT2D eigenvalue weighted by molar-refractivity contribution is 0.0695. The number of hydrogen-bond acceptors (Lipinski definition) is 3. The van der Waals surface area contributed by atoms with Crippen molar-refractivity contribution in [2.24, 2.45) is 0 Å². The van der Waals surface area contributed by atoms with Crippen molar-refractivity contribution in [3.63, 3.8) is 0 Å². The lowest BCUT2D eigenvalue weighted by Crippen LogP contribution is -2.15. The maximum absolute atomic E-state index is 10.9. The zero-order valence-corrected chi connectivity index (χ0v) is 8.32. The van der Waals surface area contributed by atoms with Crippen LogP contribution in [-0.4, -0.2) is 30.1 Å². The predicted molar refractivity (Wildman–Crippen MR) is 55.2 cm³/mol. The lowest BCUT2D eigenvalue weighted by atomic mass is 10.1. The third-order valence-corrected chi connectivity index (χ3v) is 1.92. The molecular formula is C10H14N2O2. The molecule has 0 aromatic heterocycles. The van der Waals surface area contributed by atoms with Crippen LogP contribution in [0.25, 0.3) is 0 Å². The van der Waals surface area contributed by atoms with E-state index in [1.165, 1.54) is 0 Å². The summed E-state index contributed by atoms with van der Waals surface area (Å²) in [4.78, 5) is 12.8. The Kier molecular flexibility index (Phi) is 3.09. The number of hydrogen-bond donors (Lipinski definition) is 2. The molecule has 0 heterocycles. The van der Waals surface area contributed by atoms with Gasteiger partial charge in [0.05, 0.1) is 5.56 Å². The number of carboxylic acids is 1. The summed E-state index contributed by atoms with van der Waals surface area (Å²) in [5.74, 6) is -0.936. The number of carbonyl (C=O) groups is 1. The molecular weight excluding hydrogens is 180 g/mol. The Morgan fingerprint density at radius 2 is 2.14 bits per heavy atom. The Balaban J connectivity index is 3.15. The van der Waals surface area contributed by atoms with Crippen molar-refractivity contribution in [3.8, 4) is 0 Å². The summed E-state index contributed by atoms with van der Waals surface area (Å²) in [5.41, 5.74) is 7.19. The third kappa shape index (κ3) is 2.23. The van der Waals surface area contributed by atoms with E-state index in [0.29, 0.717) is 17.8 Å². The number of nitrogens with zero attached hydrogens (tertiary/aromatic N) is 1. The molecule has 1 aromatic carbocycles. The van der Waals surface area contributed by atoms with Crippen LogP contribution in [0.15, 0.2) is 18.2 Å². The fourth-order valence-electron chi connectivity index (χ4n) is 1.30. The van der Waals surface area contributed by atoms with Crippen LogP contribution in [0.2, 0.25) is 0 Å². The van der Waals surface area contributed by atoms with Crippen molar-refractivity contribution in [3.05, 3.63) is 29.3 Å². The van der Waals surface area contributed by atoms with Crippen LogP contribution in [0.4, 0.5) is 5.69 Å². The van der Waals surface area contributed by atoms with Gasteiger partial charge in [-0.05, 0) is 26.2 Å². The van der Waals surface area contributed by atoms with E-state index in [1.807, 2.05) is 19.0 Å². The number of carboxylic acid groups (broad SMARTS) is 1. The summed E-state index contributed by atoms with van der Waals surface area (Å²) in [7, 11) is 3.75. The first-order valence-corrected chi connectivity index (χ1v) is 4.27. The van der Waals surface area contributed by atoms with Crippen LogP contribution in [0.5, 0.6) is 0 Å². The number of rotatable bonds is 3. The SMILES string of the molecule is CN(C)Cc1c(N)cccc1C(=O)O. The normalized spacial score (nSPS) is 10.5. The first kappa shape index (κ1) is 10.5. The van der Waals surface area contributed by atoms with Gasteiger partial charge in [0.1, 0.15) is 0 Å². The van der Waals surface area contributed by atoms with Gasteiger partial charge in [0.25, 0.3) is 0 Å². The minimum absolute atomic E-state index is 0.277. The molecule has 0 aliphatic heterocycles. The molecule has 0 aliphatic rings. The average Bonchev–Trinajstić information content (AvgIpc) is 2.07. The summed E-state index contributed by atoms with van der Waals surface area (Å²) in [6.45, 7) is 0.536. The molecule has 0 unspecified atom stereocenters. The summed E-state index contributed by atoms with van der Waals surface area (Å²) in [5, 5.41) is 8.93. The van der Waals surface area contributed by atoms with Crippen molar-refractivity contribution in [1.29, 1.82) is 0 Å². The van der Waals surface area contributed by atoms with Crippen molar-refractivity contribution < 1.29 is 9.90 Å². The highest BCUT2D eigenvalue weighted by Crippen LogP contribution is 2.18. The van der Waals surface area contributed by atoms with E-state index >= 15 is 0 Å². The summed E-state index contributed by atoms with van der Waals surface area (Å²) < 4.78 is 0. The van der Waals surface area contributed by atoms with Crippen LogP contribution < -0.4 is 5.73 Å². The van der Waals surface area contributed by atoms with Crippen molar-refractivity contribution in [2.75, 3.05) is 19.8 Å². The van der Waals surface area contributed by atoms with Gasteiger partial charge in [0, 0.05) is 17.8 Å². The van der Waals surface area contributed by atoms with E-state index in [4.69, 9.17) is 10.8 Å². The molecule has 0 radical (unpaired) electrons. The molecule has 0 aliphatic carbocycles. The second-order valence-electron chi connectivity index (χ2n) is 3.42. The summed E-state index contributed by atoms with van der Waals surface area (Å²) >= 11 is 0. The number of nitrogen functional groups attached to an aromatic ring is 1. The van der Waals surface area contributed by atoms with E-state index in [0.717, 1.165) is 0 Å². The van der Waals surface area contributed by atoms with Crippen molar-refractivity contribution in [1.82, 2.24) is 4.90 Å². The Labute approximate surface area is 82.9 Å². The van der Waals surface area contributed by atoms with Gasteiger partial charge in [-0.2, -0.15) is 0 Å². The first-order chi connectivity index (χ1) is 6.52. The van der Waals surface area contributed by atoms with Gasteiger partial charge in [0.2, 0.25) is 0 Å². The minimum Gasteiger partial charge on any atom is -0.478 e. The molecule has 0 saturated heterocycles. The fourth-order valence-corrected chi connectivity index (χ4v) is 1.30. The molecule has 0 fully saturated rings. The van der Waals surface area contributed by atoms with E-state index < -0.39 is 5.97 Å². The van der Waals surface area contributed by atoms with E-state index in [-0.39, 0.29) is 5.56 Å². The molecule has 4 heteroatoms. The van der Waals surface area contributed by atoms with Gasteiger partial charge in [-0.3, -0.25) is 0 Å². The van der Waals surface area contributed by atoms with Gasteiger partial charge in [0.15, 0.2) is 0 Å². The Bertz CT molecular complexity index is 348. The predicted octanol–water partition coefficient (Wildman–Crippen LogP) is 1.03. The second kappa shape index (κ2) is 4.11. The molecule has 14 heavy (non-hydrogen) atoms. The minimum atomic E-state index is -0.936. The molecule has 0 bridgehead atoms. The number of aromatic carboxylic acids is 1. The molecule has 0 atom stereocenters. The van der Waals surface area contributed by atoms with E-state index in [1.54, 1.807) is 18.2 Å². The van der Waals surface area contributed by atoms with Crippen LogP contribution in [0.1, 0.15) is 15.9 Å². The molecule has 4 nitrogen and oxygen atoms in total. The van der Waals surface area contributed by atoms with Gasteiger partial charge >= 0.3 is 5.97 Å². The van der Waals surface area contributed by atoms with Gasteiger partial charge in [-0.1, -0.05) is 6.07 Å². The maximum Gasteiger partial charge on any atom is 0.336 e. The average molecular weight is 194 g/mol. The number of anilines is 1. The number of nitrogens with two attached hydrogens (primary N) is 1. The van der Waals surface area contributed by atoms with E-state index in [2.05, 4.69) is 0 Å². The molecule has 76 valence electrons. The topological polar surface area (TPSA) is 66.6 Å². The highest BCUT2D eigenvalue weighted by Gasteiger charge is 2.12. The monoisotopic (exact) mass is 194 g/mol. The van der Waals surface area contributed by atoms with Crippen LogP contribution in [0, 0.1) is 0 Å². The summed E-state index contributed by atoms with van der Waals surface area (Å²) in [6.07, 6.45) is 0. The number of benzene rings is 1. The van der Waals surface area contributed by atoms with Crippen LogP contribution in [-0.2, 0) is 6.54 Å². The molecule has 3 N–H and O–H groups in total. The summed E-state index contributed by atoms with van der Waals surface area (Å²) in [6, 6.07) is 4.93. The van der Waals surface area contributed by atoms with Gasteiger partial charge in [-0.15, -0.1) is 0 Å². The van der Waals surface area contributed by atoms with Gasteiger partial charge in [-0.25, -0.2) is 4.79 Å². The van der Waals surface area contributed by atoms with E-state index in [9.17, 15) is 4.79 Å². The second-order valence-corrected chi connectivity index (χ2v) is 3.42. The Morgan fingerprint density at radius 1 is 1.50 bits per heavy atom. The highest BCUT2D eigenvalue weighted by atomic mass is 16.4. The largest absolute Gasteiger partial charge is 0.478 e. The van der Waals surface area contributed by atoms with Gasteiger partial charge < -0.3 is 15.7 Å². The fraction of sp³-hybridized carbons (Fsp3) is 0.300. The quantitative estimate of drug-likeness (QED) is 0.705. The molecule has 0 amide bonds. The molecule has 1 aromatic rings. The maximum atomic E-state index is 10.9. The lowest BCUT2D eigenvalue weighted by Gasteiger charge is -2.14. The zero-order valence-electron chi connectivity index (χ0n) is 8.32. The van der Waals surface area contributed by atoms with Crippen LogP contribution in [0.3, 0.4) is 0 Å². The zero-order chi connectivity index (χ0) is 10.7. The van der Waals surface area contributed by atoms with Crippen LogP contribution >= 0.6 is 0 Å². The Morgan fingerprint density at radius 3 is 2.64 bits per heavy atom. The highest BCUT2D eigenvalue weighted by molar-refractivity contribution is 5.91. The smallest absolute Gasteiger partial charge is 0.336 e.